The summed E-state index contributed by atoms with van der Waals surface area (Å²) in [6, 6.07) is 9.86. The maximum atomic E-state index is 12.7. The molecule has 0 aliphatic carbocycles. The number of carbonyl (C=O) groups is 2. The molecule has 1 amide bonds. The highest BCUT2D eigenvalue weighted by Crippen LogP contribution is 2.26. The third kappa shape index (κ3) is 6.73. The van der Waals surface area contributed by atoms with Crippen LogP contribution in [0.4, 0.5) is 11.5 Å². The summed E-state index contributed by atoms with van der Waals surface area (Å²) in [6.45, 7) is 6.63. The third-order valence-corrected chi connectivity index (χ3v) is 7.52. The van der Waals surface area contributed by atoms with Gasteiger partial charge in [0.25, 0.3) is 0 Å². The molecule has 4 rings (SSSR count). The molecule has 2 saturated heterocycles. The van der Waals surface area contributed by atoms with Gasteiger partial charge in [0.2, 0.25) is 5.91 Å². The van der Waals surface area contributed by atoms with Gasteiger partial charge in [-0.3, -0.25) is 9.59 Å². The Hall–Kier alpha value is -2.72. The van der Waals surface area contributed by atoms with Crippen molar-refractivity contribution >= 4 is 46.7 Å². The van der Waals surface area contributed by atoms with Gasteiger partial charge < -0.3 is 24.2 Å². The summed E-state index contributed by atoms with van der Waals surface area (Å²) in [5.74, 6) is 1.58. The van der Waals surface area contributed by atoms with E-state index in [-0.39, 0.29) is 23.5 Å². The first-order chi connectivity index (χ1) is 17.5. The number of carbonyl (C=O) groups excluding carboxylic acids is 2. The molecule has 0 atom stereocenters. The molecular weight excluding hydrogens is 502 g/mol. The first kappa shape index (κ1) is 26.3. The van der Waals surface area contributed by atoms with Gasteiger partial charge in [-0.25, -0.2) is 9.97 Å². The van der Waals surface area contributed by atoms with E-state index in [2.05, 4.69) is 31.9 Å². The molecule has 2 aliphatic heterocycles. The van der Waals surface area contributed by atoms with E-state index in [1.807, 2.05) is 12.1 Å². The number of esters is 1. The second-order valence-corrected chi connectivity index (χ2v) is 10.0. The molecule has 2 fully saturated rings. The predicted molar refractivity (Wildman–Crippen MR) is 141 cm³/mol. The van der Waals surface area contributed by atoms with Crippen LogP contribution in [-0.4, -0.2) is 85.5 Å². The van der Waals surface area contributed by atoms with E-state index in [0.29, 0.717) is 42.8 Å². The fourth-order valence-corrected chi connectivity index (χ4v) is 5.42. The minimum absolute atomic E-state index is 0.0144. The summed E-state index contributed by atoms with van der Waals surface area (Å²) >= 11 is 7.60. The van der Waals surface area contributed by atoms with Crippen LogP contribution in [0, 0.1) is 5.92 Å². The van der Waals surface area contributed by atoms with Crippen LogP contribution in [0.2, 0.25) is 5.15 Å². The molecule has 0 bridgehead atoms. The Morgan fingerprint density at radius 2 is 1.69 bits per heavy atom. The standard InChI is InChI=1S/C25H32ClN5O4S/c1-3-35-24(33)18-8-10-31(11-9-18)23(32)17-36-25-27-21(26)16-22(28-25)30-14-12-29(13-15-30)19-4-6-20(34-2)7-5-19/h4-7,16,18H,3,8-15,17H2,1-2H3. The molecule has 2 aromatic rings. The van der Waals surface area contributed by atoms with Crippen molar-refractivity contribution in [3.63, 3.8) is 0 Å². The number of halogens is 1. The number of anilines is 2. The monoisotopic (exact) mass is 533 g/mol. The SMILES string of the molecule is CCOC(=O)C1CCN(C(=O)CSc2nc(Cl)cc(N3CCN(c4ccc(OC)cc4)CC3)n2)CC1. The summed E-state index contributed by atoms with van der Waals surface area (Å²) in [5, 5.41) is 0.854. The Morgan fingerprint density at radius 3 is 2.33 bits per heavy atom. The van der Waals surface area contributed by atoms with Crippen LogP contribution < -0.4 is 14.5 Å². The molecule has 0 radical (unpaired) electrons. The Labute approximate surface area is 221 Å². The van der Waals surface area contributed by atoms with Crippen molar-refractivity contribution in [2.24, 2.45) is 5.92 Å². The lowest BCUT2D eigenvalue weighted by atomic mass is 9.97. The normalized spacial score (nSPS) is 16.7. The molecular formula is C25H32ClN5O4S. The number of amides is 1. The Morgan fingerprint density at radius 1 is 1.03 bits per heavy atom. The van der Waals surface area contributed by atoms with Crippen molar-refractivity contribution in [3.05, 3.63) is 35.5 Å². The molecule has 0 spiro atoms. The van der Waals surface area contributed by atoms with Gasteiger partial charge in [-0.2, -0.15) is 0 Å². The summed E-state index contributed by atoms with van der Waals surface area (Å²) in [4.78, 5) is 40.0. The quantitative estimate of drug-likeness (QED) is 0.219. The Kier molecular flexibility index (Phi) is 9.14. The number of ether oxygens (including phenoxy) is 2. The fourth-order valence-electron chi connectivity index (χ4n) is 4.44. The van der Waals surface area contributed by atoms with E-state index in [4.69, 9.17) is 21.1 Å². The Bertz CT molecular complexity index is 1040. The number of hydrogen-bond donors (Lipinski definition) is 0. The lowest BCUT2D eigenvalue weighted by molar-refractivity contribution is -0.151. The summed E-state index contributed by atoms with van der Waals surface area (Å²) in [7, 11) is 1.67. The molecule has 1 aromatic carbocycles. The van der Waals surface area contributed by atoms with Crippen molar-refractivity contribution < 1.29 is 19.1 Å². The molecule has 0 unspecified atom stereocenters. The number of benzene rings is 1. The highest BCUT2D eigenvalue weighted by atomic mass is 35.5. The van der Waals surface area contributed by atoms with E-state index < -0.39 is 0 Å². The average molecular weight is 534 g/mol. The van der Waals surface area contributed by atoms with Gasteiger partial charge in [0.1, 0.15) is 16.7 Å². The second-order valence-electron chi connectivity index (χ2n) is 8.70. The van der Waals surface area contributed by atoms with E-state index in [1.54, 1.807) is 25.0 Å². The van der Waals surface area contributed by atoms with Crippen molar-refractivity contribution in [1.29, 1.82) is 0 Å². The van der Waals surface area contributed by atoms with Crippen LogP contribution in [0.5, 0.6) is 5.75 Å². The maximum absolute atomic E-state index is 12.7. The van der Waals surface area contributed by atoms with E-state index in [1.165, 1.54) is 11.8 Å². The first-order valence-corrected chi connectivity index (χ1v) is 13.6. The van der Waals surface area contributed by atoms with Gasteiger partial charge in [-0.05, 0) is 44.0 Å². The maximum Gasteiger partial charge on any atom is 0.309 e. The summed E-state index contributed by atoms with van der Waals surface area (Å²) in [6.07, 6.45) is 1.27. The molecule has 1 aromatic heterocycles. The van der Waals surface area contributed by atoms with Crippen LogP contribution >= 0.6 is 23.4 Å². The van der Waals surface area contributed by atoms with Crippen LogP contribution in [0.15, 0.2) is 35.5 Å². The molecule has 0 N–H and O–H groups in total. The van der Waals surface area contributed by atoms with Crippen LogP contribution in [0.3, 0.4) is 0 Å². The fraction of sp³-hybridized carbons (Fsp3) is 0.520. The largest absolute Gasteiger partial charge is 0.497 e. The Balaban J connectivity index is 1.28. The molecule has 11 heteroatoms. The topological polar surface area (TPSA) is 88.1 Å². The first-order valence-electron chi connectivity index (χ1n) is 12.2. The number of thioether (sulfide) groups is 1. The van der Waals surface area contributed by atoms with E-state index >= 15 is 0 Å². The van der Waals surface area contributed by atoms with Crippen molar-refractivity contribution in [2.75, 3.05) is 68.5 Å². The van der Waals surface area contributed by atoms with Gasteiger partial charge in [0, 0.05) is 51.0 Å². The molecule has 194 valence electrons. The van der Waals surface area contributed by atoms with Gasteiger partial charge in [-0.1, -0.05) is 23.4 Å². The van der Waals surface area contributed by atoms with Crippen LogP contribution in [-0.2, 0) is 14.3 Å². The molecule has 2 aliphatic rings. The zero-order chi connectivity index (χ0) is 25.5. The van der Waals surface area contributed by atoms with Crippen molar-refractivity contribution in [1.82, 2.24) is 14.9 Å². The number of likely N-dealkylation sites (tertiary alicyclic amines) is 1. The smallest absolute Gasteiger partial charge is 0.309 e. The second kappa shape index (κ2) is 12.5. The number of nitrogens with zero attached hydrogens (tertiary/aromatic N) is 5. The van der Waals surface area contributed by atoms with E-state index in [9.17, 15) is 9.59 Å². The molecule has 9 nitrogen and oxygen atoms in total. The van der Waals surface area contributed by atoms with Crippen molar-refractivity contribution in [2.45, 2.75) is 24.9 Å². The number of hydrogen-bond acceptors (Lipinski definition) is 9. The highest BCUT2D eigenvalue weighted by Gasteiger charge is 2.28. The predicted octanol–water partition coefficient (Wildman–Crippen LogP) is 3.36. The molecule has 0 saturated carbocycles. The van der Waals surface area contributed by atoms with Gasteiger partial charge in [0.05, 0.1) is 25.4 Å². The summed E-state index contributed by atoms with van der Waals surface area (Å²) < 4.78 is 10.4. The zero-order valence-electron chi connectivity index (χ0n) is 20.7. The number of rotatable bonds is 8. The molecule has 3 heterocycles. The average Bonchev–Trinajstić information content (AvgIpc) is 2.92. The number of aromatic nitrogens is 2. The van der Waals surface area contributed by atoms with Gasteiger partial charge in [-0.15, -0.1) is 0 Å². The highest BCUT2D eigenvalue weighted by molar-refractivity contribution is 7.99. The number of methoxy groups -OCH3 is 1. The van der Waals surface area contributed by atoms with Crippen molar-refractivity contribution in [3.8, 4) is 5.75 Å². The minimum atomic E-state index is -0.163. The van der Waals surface area contributed by atoms with Crippen LogP contribution in [0.25, 0.3) is 0 Å². The summed E-state index contributed by atoms with van der Waals surface area (Å²) in [5.41, 5.74) is 1.16. The minimum Gasteiger partial charge on any atom is -0.497 e. The zero-order valence-corrected chi connectivity index (χ0v) is 22.3. The number of piperazine rings is 1. The number of piperidine rings is 1. The third-order valence-electron chi connectivity index (χ3n) is 6.49. The lowest BCUT2D eigenvalue weighted by Gasteiger charge is -2.36. The van der Waals surface area contributed by atoms with E-state index in [0.717, 1.165) is 43.4 Å². The van der Waals surface area contributed by atoms with Gasteiger partial charge in [0.15, 0.2) is 5.16 Å². The van der Waals surface area contributed by atoms with Gasteiger partial charge >= 0.3 is 5.97 Å². The lowest BCUT2D eigenvalue weighted by Crippen LogP contribution is -2.46. The van der Waals surface area contributed by atoms with Crippen LogP contribution in [0.1, 0.15) is 19.8 Å². The molecule has 36 heavy (non-hydrogen) atoms.